The third-order valence-electron chi connectivity index (χ3n) is 4.87. The number of nitrogens with one attached hydrogen (secondary N) is 1. The zero-order valence-electron chi connectivity index (χ0n) is 14.2. The fourth-order valence-corrected chi connectivity index (χ4v) is 3.49. The number of rotatable bonds is 4. The molecule has 126 valence electrons. The summed E-state index contributed by atoms with van der Waals surface area (Å²) in [4.78, 5) is 11.0. The van der Waals surface area contributed by atoms with Crippen molar-refractivity contribution in [2.24, 2.45) is 0 Å². The first-order chi connectivity index (χ1) is 11.3. The summed E-state index contributed by atoms with van der Waals surface area (Å²) in [6, 6.07) is 14.1. The fraction of sp³-hybridized carbons (Fsp3) is 0.350. The van der Waals surface area contributed by atoms with Crippen molar-refractivity contribution in [3.05, 3.63) is 59.2 Å². The molecule has 0 saturated heterocycles. The number of benzene rings is 2. The first-order valence-electron chi connectivity index (χ1n) is 8.17. The maximum atomic E-state index is 11.0. The quantitative estimate of drug-likeness (QED) is 0.809. The summed E-state index contributed by atoms with van der Waals surface area (Å²) in [7, 11) is 0. The van der Waals surface area contributed by atoms with E-state index in [1.54, 1.807) is 0 Å². The molecule has 1 aliphatic carbocycles. The van der Waals surface area contributed by atoms with Crippen molar-refractivity contribution in [3.8, 4) is 11.1 Å². The van der Waals surface area contributed by atoms with E-state index in [2.05, 4.69) is 31.3 Å². The van der Waals surface area contributed by atoms with Crippen molar-refractivity contribution < 1.29 is 15.0 Å². The molecule has 0 radical (unpaired) electrons. The van der Waals surface area contributed by atoms with Crippen LogP contribution in [0.3, 0.4) is 0 Å². The Balaban J connectivity index is 1.93. The Morgan fingerprint density at radius 1 is 1.08 bits per heavy atom. The predicted octanol–water partition coefficient (Wildman–Crippen LogP) is 2.52. The van der Waals surface area contributed by atoms with Crippen LogP contribution in [0.2, 0.25) is 0 Å². The van der Waals surface area contributed by atoms with Gasteiger partial charge in [-0.15, -0.1) is 0 Å². The minimum atomic E-state index is -1.04. The van der Waals surface area contributed by atoms with Gasteiger partial charge in [-0.05, 0) is 27.8 Å². The Kier molecular flexibility index (Phi) is 4.20. The van der Waals surface area contributed by atoms with Crippen LogP contribution in [0.1, 0.15) is 43.6 Å². The molecule has 24 heavy (non-hydrogen) atoms. The number of fused-ring (bicyclic) bond motifs is 3. The van der Waals surface area contributed by atoms with Crippen LogP contribution in [0.4, 0.5) is 0 Å². The molecule has 2 atom stereocenters. The molecule has 2 aromatic rings. The Morgan fingerprint density at radius 3 is 2.46 bits per heavy atom. The van der Waals surface area contributed by atoms with Crippen LogP contribution in [-0.2, 0) is 10.2 Å². The van der Waals surface area contributed by atoms with Crippen LogP contribution in [-0.4, -0.2) is 28.8 Å². The van der Waals surface area contributed by atoms with Crippen LogP contribution < -0.4 is 5.32 Å². The highest BCUT2D eigenvalue weighted by atomic mass is 16.3. The lowest BCUT2D eigenvalue weighted by molar-refractivity contribution is -0.119. The van der Waals surface area contributed by atoms with Gasteiger partial charge in [0.25, 0.3) is 0 Å². The van der Waals surface area contributed by atoms with E-state index in [9.17, 15) is 15.0 Å². The molecule has 2 unspecified atom stereocenters. The van der Waals surface area contributed by atoms with Gasteiger partial charge in [-0.25, -0.2) is 0 Å². The average molecular weight is 325 g/mol. The summed E-state index contributed by atoms with van der Waals surface area (Å²) >= 11 is 0. The van der Waals surface area contributed by atoms with Crippen LogP contribution in [0.15, 0.2) is 42.5 Å². The zero-order valence-corrected chi connectivity index (χ0v) is 14.2. The van der Waals surface area contributed by atoms with Crippen molar-refractivity contribution in [2.75, 3.05) is 6.54 Å². The van der Waals surface area contributed by atoms with Gasteiger partial charge in [0.1, 0.15) is 12.2 Å². The largest absolute Gasteiger partial charge is 0.388 e. The standard InChI is InChI=1S/C20H23NO3/c1-12(22)21-11-18(23)19(24)13-8-9-15-14-6-4-5-7-16(14)20(2,3)17(15)10-13/h4-10,18-19,23-24H,11H2,1-3H3,(H,21,22). The molecular weight excluding hydrogens is 302 g/mol. The maximum Gasteiger partial charge on any atom is 0.216 e. The van der Waals surface area contributed by atoms with Crippen LogP contribution >= 0.6 is 0 Å². The minimum absolute atomic E-state index is 0.0250. The Labute approximate surface area is 142 Å². The Morgan fingerprint density at radius 2 is 1.75 bits per heavy atom. The number of hydrogen-bond acceptors (Lipinski definition) is 3. The predicted molar refractivity (Wildman–Crippen MR) is 93.7 cm³/mol. The second kappa shape index (κ2) is 6.04. The molecule has 1 amide bonds. The Bertz CT molecular complexity index is 782. The van der Waals surface area contributed by atoms with E-state index in [4.69, 9.17) is 0 Å². The maximum absolute atomic E-state index is 11.0. The second-order valence-electron chi connectivity index (χ2n) is 6.92. The minimum Gasteiger partial charge on any atom is -0.388 e. The number of aliphatic hydroxyl groups excluding tert-OH is 2. The van der Waals surface area contributed by atoms with Crippen molar-refractivity contribution in [3.63, 3.8) is 0 Å². The van der Waals surface area contributed by atoms with Gasteiger partial charge in [-0.2, -0.15) is 0 Å². The summed E-state index contributed by atoms with van der Waals surface area (Å²) in [6.45, 7) is 5.74. The van der Waals surface area contributed by atoms with Gasteiger partial charge in [0.2, 0.25) is 5.91 Å². The second-order valence-corrected chi connectivity index (χ2v) is 6.92. The van der Waals surface area contributed by atoms with Crippen LogP contribution in [0.5, 0.6) is 0 Å². The number of aliphatic hydroxyl groups is 2. The van der Waals surface area contributed by atoms with Gasteiger partial charge < -0.3 is 15.5 Å². The SMILES string of the molecule is CC(=O)NCC(O)C(O)c1ccc2c(c1)C(C)(C)c1ccccc1-2. The monoisotopic (exact) mass is 325 g/mol. The number of carbonyl (C=O) groups is 1. The van der Waals surface area contributed by atoms with Gasteiger partial charge >= 0.3 is 0 Å². The molecule has 3 rings (SSSR count). The summed E-state index contributed by atoms with van der Waals surface area (Å²) in [5.74, 6) is -0.230. The molecule has 0 heterocycles. The third kappa shape index (κ3) is 2.72. The smallest absolute Gasteiger partial charge is 0.216 e. The molecule has 1 aliphatic rings. The first-order valence-corrected chi connectivity index (χ1v) is 8.17. The van der Waals surface area contributed by atoms with E-state index < -0.39 is 12.2 Å². The lowest BCUT2D eigenvalue weighted by Crippen LogP contribution is -2.34. The van der Waals surface area contributed by atoms with Gasteiger partial charge in [0.05, 0.1) is 0 Å². The van der Waals surface area contributed by atoms with E-state index in [1.807, 2.05) is 30.3 Å². The molecule has 0 aromatic heterocycles. The van der Waals surface area contributed by atoms with Crippen molar-refractivity contribution in [1.82, 2.24) is 5.32 Å². The van der Waals surface area contributed by atoms with Gasteiger partial charge in [-0.1, -0.05) is 56.3 Å². The van der Waals surface area contributed by atoms with Crippen LogP contribution in [0.25, 0.3) is 11.1 Å². The topological polar surface area (TPSA) is 69.6 Å². The molecular formula is C20H23NO3. The van der Waals surface area contributed by atoms with E-state index in [0.717, 1.165) is 5.56 Å². The van der Waals surface area contributed by atoms with E-state index in [0.29, 0.717) is 5.56 Å². The molecule has 0 aliphatic heterocycles. The molecule has 0 spiro atoms. The molecule has 2 aromatic carbocycles. The molecule has 0 bridgehead atoms. The summed E-state index contributed by atoms with van der Waals surface area (Å²) in [6.07, 6.45) is -2.08. The normalized spacial score (nSPS) is 16.9. The lowest BCUT2D eigenvalue weighted by atomic mass is 9.81. The summed E-state index contributed by atoms with van der Waals surface area (Å²) < 4.78 is 0. The Hall–Kier alpha value is -2.17. The number of hydrogen-bond donors (Lipinski definition) is 3. The molecule has 0 saturated carbocycles. The van der Waals surface area contributed by atoms with Crippen LogP contribution in [0, 0.1) is 0 Å². The fourth-order valence-electron chi connectivity index (χ4n) is 3.49. The van der Waals surface area contributed by atoms with Crippen molar-refractivity contribution >= 4 is 5.91 Å². The zero-order chi connectivity index (χ0) is 17.5. The first kappa shape index (κ1) is 16.7. The van der Waals surface area contributed by atoms with Crippen molar-refractivity contribution in [1.29, 1.82) is 0 Å². The van der Waals surface area contributed by atoms with Gasteiger partial charge in [-0.3, -0.25) is 4.79 Å². The number of carbonyl (C=O) groups excluding carboxylic acids is 1. The van der Waals surface area contributed by atoms with E-state index in [-0.39, 0.29) is 17.9 Å². The van der Waals surface area contributed by atoms with E-state index in [1.165, 1.54) is 23.6 Å². The molecule has 0 fully saturated rings. The van der Waals surface area contributed by atoms with Gasteiger partial charge in [0, 0.05) is 18.9 Å². The van der Waals surface area contributed by atoms with E-state index >= 15 is 0 Å². The molecule has 4 nitrogen and oxygen atoms in total. The highest BCUT2D eigenvalue weighted by Gasteiger charge is 2.35. The van der Waals surface area contributed by atoms with Gasteiger partial charge in [0.15, 0.2) is 0 Å². The summed E-state index contributed by atoms with van der Waals surface area (Å²) in [5.41, 5.74) is 5.31. The highest BCUT2D eigenvalue weighted by molar-refractivity contribution is 5.80. The lowest BCUT2D eigenvalue weighted by Gasteiger charge is -2.24. The highest BCUT2D eigenvalue weighted by Crippen LogP contribution is 2.49. The summed E-state index contributed by atoms with van der Waals surface area (Å²) in [5, 5.41) is 23.1. The average Bonchev–Trinajstić information content (AvgIpc) is 2.80. The van der Waals surface area contributed by atoms with Crippen molar-refractivity contribution in [2.45, 2.75) is 38.4 Å². The molecule has 4 heteroatoms. The number of amides is 1. The molecule has 3 N–H and O–H groups in total. The third-order valence-corrected chi connectivity index (χ3v) is 4.87.